The van der Waals surface area contributed by atoms with Crippen LogP contribution >= 0.6 is 10.7 Å². The summed E-state index contributed by atoms with van der Waals surface area (Å²) in [6.45, 7) is 3.11. The maximum Gasteiger partial charge on any atom is 0.410 e. The summed E-state index contributed by atoms with van der Waals surface area (Å²) in [5.41, 5.74) is 1.30. The molecule has 1 unspecified atom stereocenters. The normalized spacial score (nSPS) is 26.9. The lowest BCUT2D eigenvalue weighted by molar-refractivity contribution is -0.139. The fourth-order valence-electron chi connectivity index (χ4n) is 7.43. The predicted octanol–water partition coefficient (Wildman–Crippen LogP) is 5.35. The molecule has 0 aromatic heterocycles. The molecule has 258 valence electrons. The van der Waals surface area contributed by atoms with Crippen molar-refractivity contribution in [1.82, 2.24) is 19.8 Å². The van der Waals surface area contributed by atoms with Gasteiger partial charge in [0.25, 0.3) is 5.91 Å². The molecule has 2 saturated heterocycles. The van der Waals surface area contributed by atoms with Crippen LogP contribution in [0.1, 0.15) is 82.3 Å². The molecular formula is C37H48N4O6S. The molecule has 3 fully saturated rings. The molecule has 10 nitrogen and oxygen atoms in total. The van der Waals surface area contributed by atoms with E-state index in [1.165, 1.54) is 5.56 Å². The Bertz CT molecular complexity index is 1550. The van der Waals surface area contributed by atoms with Crippen LogP contribution < -0.4 is 14.8 Å². The van der Waals surface area contributed by atoms with Crippen molar-refractivity contribution < 1.29 is 28.7 Å². The van der Waals surface area contributed by atoms with Gasteiger partial charge in [-0.05, 0) is 79.3 Å². The third kappa shape index (κ3) is 7.56. The molecular weight excluding hydrogens is 628 g/mol. The molecule has 0 bridgehead atoms. The molecule has 2 aromatic carbocycles. The summed E-state index contributed by atoms with van der Waals surface area (Å²) in [4.78, 5) is 59.3. The zero-order chi connectivity index (χ0) is 33.7. The second-order valence-corrected chi connectivity index (χ2v) is 15.3. The largest absolute Gasteiger partial charge is 0.497 e. The van der Waals surface area contributed by atoms with Gasteiger partial charge in [0.1, 0.15) is 23.4 Å². The van der Waals surface area contributed by atoms with Crippen LogP contribution in [0.3, 0.4) is 0 Å². The van der Waals surface area contributed by atoms with E-state index in [0.717, 1.165) is 67.6 Å². The maximum atomic E-state index is 14.1. The van der Waals surface area contributed by atoms with Gasteiger partial charge in [-0.3, -0.25) is 14.4 Å². The van der Waals surface area contributed by atoms with Crippen molar-refractivity contribution in [2.75, 3.05) is 20.2 Å². The van der Waals surface area contributed by atoms with Crippen molar-refractivity contribution in [1.29, 1.82) is 0 Å². The number of nitrogens with one attached hydrogen (secondary N) is 2. The first-order chi connectivity index (χ1) is 23.3. The minimum Gasteiger partial charge on any atom is -0.497 e. The predicted molar refractivity (Wildman–Crippen MR) is 186 cm³/mol. The molecule has 1 saturated carbocycles. The molecule has 6 rings (SSSR count). The standard InChI is InChI=1S/C37H48N4O6S/c1-3-48(31-18-16-29(46-2)17-19-31)39-35(44)37-23-28(37)14-8-6-4-5-7-9-15-33(42)41-25-30(22-32(41)34(43)38-37)47-36(45)40-21-20-26-12-10-11-13-27(26)24-40/h3,10-13,16-19,28,30,32H,4-9,14-15,20-25H2,1-2H3,(H,38,43)(H,39,44)/t28-,30-,32+,37-,48?/m1/s1. The van der Waals surface area contributed by atoms with Gasteiger partial charge in [-0.25, -0.2) is 4.79 Å². The Hall–Kier alpha value is -3.86. The summed E-state index contributed by atoms with van der Waals surface area (Å²) >= 11 is 0. The number of hydrogen-bond donors (Lipinski definition) is 2. The van der Waals surface area contributed by atoms with Gasteiger partial charge in [0.05, 0.1) is 13.7 Å². The summed E-state index contributed by atoms with van der Waals surface area (Å²) < 4.78 is 14.5. The molecule has 0 radical (unpaired) electrons. The topological polar surface area (TPSA) is 117 Å². The van der Waals surface area contributed by atoms with Crippen LogP contribution in [-0.2, 0) is 32.1 Å². The van der Waals surface area contributed by atoms with Gasteiger partial charge < -0.3 is 29.3 Å². The van der Waals surface area contributed by atoms with E-state index in [1.54, 1.807) is 16.9 Å². The smallest absolute Gasteiger partial charge is 0.410 e. The summed E-state index contributed by atoms with van der Waals surface area (Å²) in [5, 5.41) is 5.11. The third-order valence-corrected chi connectivity index (χ3v) is 12.0. The van der Waals surface area contributed by atoms with E-state index >= 15 is 0 Å². The summed E-state index contributed by atoms with van der Waals surface area (Å²) in [6, 6.07) is 14.9. The molecule has 2 aromatic rings. The summed E-state index contributed by atoms with van der Waals surface area (Å²) in [5.74, 6) is 0.0900. The quantitative estimate of drug-likeness (QED) is 0.413. The lowest BCUT2D eigenvalue weighted by Gasteiger charge is -2.29. The van der Waals surface area contributed by atoms with E-state index in [2.05, 4.69) is 16.1 Å². The van der Waals surface area contributed by atoms with E-state index in [-0.39, 0.29) is 36.6 Å². The number of benzene rings is 2. The van der Waals surface area contributed by atoms with Gasteiger partial charge in [-0.15, -0.1) is 0 Å². The SMILES string of the molecule is C/C=S(/NC(=O)[C@@]12C[C@H]1CCCCCCCCC(=O)N1C[C@H](OC(=O)N3CCc4ccccc4C3)C[C@H]1C(=O)N2)c1ccc(OC)cc1. The highest BCUT2D eigenvalue weighted by molar-refractivity contribution is 8.13. The second-order valence-electron chi connectivity index (χ2n) is 13.4. The van der Waals surface area contributed by atoms with Crippen LogP contribution in [0.15, 0.2) is 53.4 Å². The van der Waals surface area contributed by atoms with E-state index in [9.17, 15) is 19.2 Å². The molecule has 4 aliphatic rings. The average molecular weight is 677 g/mol. The number of rotatable bonds is 5. The Morgan fingerprint density at radius 1 is 0.979 bits per heavy atom. The van der Waals surface area contributed by atoms with Crippen LogP contribution in [-0.4, -0.2) is 76.9 Å². The number of carbonyl (C=O) groups excluding carboxylic acids is 4. The lowest BCUT2D eigenvalue weighted by Crippen LogP contribution is -2.55. The first-order valence-electron chi connectivity index (χ1n) is 17.4. The summed E-state index contributed by atoms with van der Waals surface area (Å²) in [6.07, 6.45) is 7.61. The number of amides is 4. The minimum atomic E-state index is -1.04. The molecule has 0 spiro atoms. The fourth-order valence-corrected chi connectivity index (χ4v) is 8.75. The van der Waals surface area contributed by atoms with E-state index in [1.807, 2.05) is 54.8 Å². The van der Waals surface area contributed by atoms with Gasteiger partial charge in [0.2, 0.25) is 11.8 Å². The first-order valence-corrected chi connectivity index (χ1v) is 18.7. The number of ether oxygens (including phenoxy) is 2. The first kappa shape index (κ1) is 34.0. The van der Waals surface area contributed by atoms with E-state index in [4.69, 9.17) is 9.47 Å². The Morgan fingerprint density at radius 2 is 1.71 bits per heavy atom. The van der Waals surface area contributed by atoms with Crippen LogP contribution in [0.25, 0.3) is 0 Å². The van der Waals surface area contributed by atoms with E-state index in [0.29, 0.717) is 25.9 Å². The van der Waals surface area contributed by atoms with Crippen molar-refractivity contribution >= 4 is 39.9 Å². The highest BCUT2D eigenvalue weighted by Gasteiger charge is 2.61. The molecule has 4 amide bonds. The van der Waals surface area contributed by atoms with Gasteiger partial charge in [-0.2, -0.15) is 0 Å². The van der Waals surface area contributed by atoms with Crippen molar-refractivity contribution in [2.45, 2.75) is 107 Å². The molecule has 5 atom stereocenters. The molecule has 3 heterocycles. The highest BCUT2D eigenvalue weighted by Crippen LogP contribution is 2.48. The average Bonchev–Trinajstić information content (AvgIpc) is 3.64. The zero-order valence-electron chi connectivity index (χ0n) is 28.1. The van der Waals surface area contributed by atoms with E-state index < -0.39 is 34.4 Å². The zero-order valence-corrected chi connectivity index (χ0v) is 28.9. The number of methoxy groups -OCH3 is 1. The van der Waals surface area contributed by atoms with Crippen LogP contribution in [0.2, 0.25) is 0 Å². The monoisotopic (exact) mass is 676 g/mol. The Balaban J connectivity index is 1.18. The van der Waals surface area contributed by atoms with Crippen molar-refractivity contribution in [2.24, 2.45) is 5.92 Å². The third-order valence-electron chi connectivity index (χ3n) is 10.3. The molecule has 2 N–H and O–H groups in total. The second kappa shape index (κ2) is 15.1. The van der Waals surface area contributed by atoms with Crippen LogP contribution in [0.5, 0.6) is 5.75 Å². The number of fused-ring (bicyclic) bond motifs is 3. The Labute approximate surface area is 286 Å². The van der Waals surface area contributed by atoms with Crippen molar-refractivity contribution in [3.63, 3.8) is 0 Å². The molecule has 3 aliphatic heterocycles. The minimum absolute atomic E-state index is 0.0194. The fraction of sp³-hybridized carbons (Fsp3) is 0.541. The Kier molecular flexibility index (Phi) is 10.7. The maximum absolute atomic E-state index is 14.1. The van der Waals surface area contributed by atoms with Gasteiger partial charge in [0, 0.05) is 30.8 Å². The lowest BCUT2D eigenvalue weighted by atomic mass is 10.0. The van der Waals surface area contributed by atoms with Gasteiger partial charge in [-0.1, -0.05) is 67.0 Å². The summed E-state index contributed by atoms with van der Waals surface area (Å²) in [7, 11) is 0.940. The molecule has 1 aliphatic carbocycles. The van der Waals surface area contributed by atoms with Gasteiger partial charge >= 0.3 is 6.09 Å². The highest BCUT2D eigenvalue weighted by atomic mass is 32.2. The molecule has 48 heavy (non-hydrogen) atoms. The van der Waals surface area contributed by atoms with Crippen molar-refractivity contribution in [3.05, 3.63) is 59.7 Å². The number of nitrogens with zero attached hydrogens (tertiary/aromatic N) is 2. The van der Waals surface area contributed by atoms with Gasteiger partial charge in [0.15, 0.2) is 0 Å². The van der Waals surface area contributed by atoms with Crippen molar-refractivity contribution in [3.8, 4) is 5.75 Å². The van der Waals surface area contributed by atoms with Crippen LogP contribution in [0, 0.1) is 5.92 Å². The number of hydrogen-bond acceptors (Lipinski definition) is 6. The number of carbonyl (C=O) groups is 4. The molecule has 11 heteroatoms. The Morgan fingerprint density at radius 3 is 2.46 bits per heavy atom. The van der Waals surface area contributed by atoms with Crippen LogP contribution in [0.4, 0.5) is 4.79 Å².